The van der Waals surface area contributed by atoms with Crippen molar-refractivity contribution in [3.63, 3.8) is 0 Å². The molecule has 2 bridgehead atoms. The van der Waals surface area contributed by atoms with E-state index in [1.165, 1.54) is 6.21 Å². The summed E-state index contributed by atoms with van der Waals surface area (Å²) in [6.45, 7) is 0.372. The number of carbonyl (C=O) groups is 2. The summed E-state index contributed by atoms with van der Waals surface area (Å²) >= 11 is 5.91. The molecule has 158 valence electrons. The quantitative estimate of drug-likeness (QED) is 0.389. The number of amides is 2. The van der Waals surface area contributed by atoms with Crippen LogP contribution in [0.5, 0.6) is 11.5 Å². The Labute approximate surface area is 185 Å². The van der Waals surface area contributed by atoms with Gasteiger partial charge in [0.1, 0.15) is 6.61 Å². The number of fused-ring (bicyclic) bond motifs is 5. The number of carbonyl (C=O) groups excluding carboxylic acids is 2. The van der Waals surface area contributed by atoms with Gasteiger partial charge >= 0.3 is 0 Å². The van der Waals surface area contributed by atoms with Crippen LogP contribution in [0.15, 0.2) is 59.7 Å². The molecule has 7 heteroatoms. The van der Waals surface area contributed by atoms with Crippen molar-refractivity contribution in [1.82, 2.24) is 5.01 Å². The summed E-state index contributed by atoms with van der Waals surface area (Å²) in [5.41, 5.74) is 1.69. The molecule has 1 aliphatic heterocycles. The first-order chi connectivity index (χ1) is 15.0. The molecule has 1 heterocycles. The van der Waals surface area contributed by atoms with E-state index in [2.05, 4.69) is 17.3 Å². The second kappa shape index (κ2) is 7.85. The highest BCUT2D eigenvalue weighted by molar-refractivity contribution is 6.30. The predicted molar refractivity (Wildman–Crippen MR) is 116 cm³/mol. The van der Waals surface area contributed by atoms with E-state index in [0.717, 1.165) is 17.0 Å². The topological polar surface area (TPSA) is 68.2 Å². The molecule has 2 aromatic rings. The molecule has 6 nitrogen and oxygen atoms in total. The van der Waals surface area contributed by atoms with Crippen molar-refractivity contribution < 1.29 is 19.1 Å². The SMILES string of the molecule is COc1cc(C=NN2C(=O)C3C4C=CC(C4)C3C2=O)ccc1OCc1ccc(Cl)cc1. The average molecular weight is 437 g/mol. The number of hydrogen-bond acceptors (Lipinski definition) is 5. The van der Waals surface area contributed by atoms with Crippen molar-refractivity contribution >= 4 is 29.6 Å². The van der Waals surface area contributed by atoms with Crippen molar-refractivity contribution in [2.24, 2.45) is 28.8 Å². The van der Waals surface area contributed by atoms with Gasteiger partial charge in [-0.15, -0.1) is 0 Å². The van der Waals surface area contributed by atoms with Crippen LogP contribution in [0.2, 0.25) is 5.02 Å². The maximum Gasteiger partial charge on any atom is 0.254 e. The lowest BCUT2D eigenvalue weighted by Crippen LogP contribution is -2.28. The lowest BCUT2D eigenvalue weighted by atomic mass is 9.85. The van der Waals surface area contributed by atoms with E-state index in [1.807, 2.05) is 24.3 Å². The molecule has 4 atom stereocenters. The Hall–Kier alpha value is -3.12. The smallest absolute Gasteiger partial charge is 0.254 e. The number of benzene rings is 2. The fourth-order valence-electron chi connectivity index (χ4n) is 4.75. The lowest BCUT2D eigenvalue weighted by Gasteiger charge is -2.13. The van der Waals surface area contributed by atoms with E-state index in [1.54, 1.807) is 25.3 Å². The van der Waals surface area contributed by atoms with E-state index in [-0.39, 0.29) is 35.5 Å². The summed E-state index contributed by atoms with van der Waals surface area (Å²) in [6.07, 6.45) is 6.55. The molecule has 5 rings (SSSR count). The third kappa shape index (κ3) is 3.51. The third-order valence-corrected chi connectivity index (χ3v) is 6.52. The minimum atomic E-state index is -0.252. The Morgan fingerprint density at radius 2 is 1.71 bits per heavy atom. The Morgan fingerprint density at radius 3 is 2.35 bits per heavy atom. The van der Waals surface area contributed by atoms with E-state index in [0.29, 0.717) is 28.7 Å². The van der Waals surface area contributed by atoms with Gasteiger partial charge in [-0.25, -0.2) is 0 Å². The van der Waals surface area contributed by atoms with Gasteiger partial charge in [0.25, 0.3) is 11.8 Å². The maximum absolute atomic E-state index is 12.7. The van der Waals surface area contributed by atoms with E-state index >= 15 is 0 Å². The highest BCUT2D eigenvalue weighted by atomic mass is 35.5. The third-order valence-electron chi connectivity index (χ3n) is 6.26. The predicted octanol–water partition coefficient (Wildman–Crippen LogP) is 4.07. The molecule has 3 aliphatic rings. The zero-order valence-electron chi connectivity index (χ0n) is 16.9. The standard InChI is InChI=1S/C24H21ClN2O4/c1-30-20-10-15(4-9-19(20)31-13-14-2-7-18(25)8-3-14)12-26-27-23(28)21-16-5-6-17(11-16)22(21)24(27)29/h2-10,12,16-17,21-22H,11,13H2,1H3. The largest absolute Gasteiger partial charge is 0.493 e. The van der Waals surface area contributed by atoms with E-state index < -0.39 is 0 Å². The highest BCUT2D eigenvalue weighted by Crippen LogP contribution is 2.52. The number of ether oxygens (including phenoxy) is 2. The average Bonchev–Trinajstić information content (AvgIpc) is 3.46. The number of hydrazone groups is 1. The maximum atomic E-state index is 12.7. The molecule has 1 saturated carbocycles. The van der Waals surface area contributed by atoms with Crippen LogP contribution >= 0.6 is 11.6 Å². The minimum Gasteiger partial charge on any atom is -0.493 e. The molecule has 0 spiro atoms. The molecule has 2 aromatic carbocycles. The highest BCUT2D eigenvalue weighted by Gasteiger charge is 2.59. The summed E-state index contributed by atoms with van der Waals surface area (Å²) in [5.74, 6) is 0.565. The zero-order chi connectivity index (χ0) is 21.5. The van der Waals surface area contributed by atoms with Gasteiger partial charge in [0.05, 0.1) is 25.2 Å². The van der Waals surface area contributed by atoms with E-state index in [4.69, 9.17) is 21.1 Å². The van der Waals surface area contributed by atoms with Crippen LogP contribution in [0.3, 0.4) is 0 Å². The second-order valence-corrected chi connectivity index (χ2v) is 8.49. The van der Waals surface area contributed by atoms with Crippen molar-refractivity contribution in [3.8, 4) is 11.5 Å². The Morgan fingerprint density at radius 1 is 1.03 bits per heavy atom. The summed E-state index contributed by atoms with van der Waals surface area (Å²) in [4.78, 5) is 25.5. The molecular weight excluding hydrogens is 416 g/mol. The van der Waals surface area contributed by atoms with Crippen LogP contribution in [0.4, 0.5) is 0 Å². The monoisotopic (exact) mass is 436 g/mol. The van der Waals surface area contributed by atoms with Crippen LogP contribution in [-0.4, -0.2) is 30.1 Å². The lowest BCUT2D eigenvalue weighted by molar-refractivity contribution is -0.140. The van der Waals surface area contributed by atoms with Crippen LogP contribution in [0, 0.1) is 23.7 Å². The number of imide groups is 1. The Kier molecular flexibility index (Phi) is 5.02. The molecular formula is C24H21ClN2O4. The Balaban J connectivity index is 1.29. The number of nitrogens with zero attached hydrogens (tertiary/aromatic N) is 2. The fourth-order valence-corrected chi connectivity index (χ4v) is 4.88. The molecule has 0 radical (unpaired) electrons. The van der Waals surface area contributed by atoms with Gasteiger partial charge < -0.3 is 9.47 Å². The van der Waals surface area contributed by atoms with Crippen LogP contribution < -0.4 is 9.47 Å². The number of rotatable bonds is 6. The normalized spacial score (nSPS) is 26.2. The van der Waals surface area contributed by atoms with Gasteiger partial charge in [-0.3, -0.25) is 9.59 Å². The molecule has 2 amide bonds. The van der Waals surface area contributed by atoms with Gasteiger partial charge in [-0.2, -0.15) is 10.1 Å². The van der Waals surface area contributed by atoms with Gasteiger partial charge in [0.15, 0.2) is 11.5 Å². The molecule has 31 heavy (non-hydrogen) atoms. The van der Waals surface area contributed by atoms with Crippen LogP contribution in [0.1, 0.15) is 17.5 Å². The molecule has 1 saturated heterocycles. The van der Waals surface area contributed by atoms with Crippen LogP contribution in [0.25, 0.3) is 0 Å². The van der Waals surface area contributed by atoms with Crippen molar-refractivity contribution in [2.45, 2.75) is 13.0 Å². The number of methoxy groups -OCH3 is 1. The molecule has 2 aliphatic carbocycles. The van der Waals surface area contributed by atoms with Gasteiger partial charge in [-0.1, -0.05) is 35.9 Å². The summed E-state index contributed by atoms with van der Waals surface area (Å²) in [7, 11) is 1.56. The number of allylic oxidation sites excluding steroid dienone is 2. The number of hydrogen-bond donors (Lipinski definition) is 0. The fraction of sp³-hybridized carbons (Fsp3) is 0.292. The minimum absolute atomic E-state index is 0.170. The first kappa shape index (κ1) is 19.8. The molecule has 2 fully saturated rings. The first-order valence-corrected chi connectivity index (χ1v) is 10.6. The van der Waals surface area contributed by atoms with Gasteiger partial charge in [0, 0.05) is 5.02 Å². The molecule has 4 unspecified atom stereocenters. The molecule has 0 N–H and O–H groups in total. The van der Waals surface area contributed by atoms with Gasteiger partial charge in [-0.05, 0) is 59.7 Å². The van der Waals surface area contributed by atoms with Crippen molar-refractivity contribution in [1.29, 1.82) is 0 Å². The number of halogens is 1. The summed E-state index contributed by atoms with van der Waals surface area (Å²) < 4.78 is 11.3. The Bertz CT molecular complexity index is 1070. The second-order valence-electron chi connectivity index (χ2n) is 8.06. The van der Waals surface area contributed by atoms with Crippen LogP contribution in [-0.2, 0) is 16.2 Å². The van der Waals surface area contributed by atoms with Crippen molar-refractivity contribution in [3.05, 3.63) is 70.8 Å². The summed E-state index contributed by atoms with van der Waals surface area (Å²) in [5, 5.41) is 5.93. The van der Waals surface area contributed by atoms with E-state index in [9.17, 15) is 9.59 Å². The summed E-state index contributed by atoms with van der Waals surface area (Å²) in [6, 6.07) is 12.8. The van der Waals surface area contributed by atoms with Gasteiger partial charge in [0.2, 0.25) is 0 Å². The zero-order valence-corrected chi connectivity index (χ0v) is 17.7. The molecule has 0 aromatic heterocycles. The first-order valence-electron chi connectivity index (χ1n) is 10.2. The van der Waals surface area contributed by atoms with Crippen molar-refractivity contribution in [2.75, 3.05) is 7.11 Å².